The molecule has 330 valence electrons. The van der Waals surface area contributed by atoms with E-state index in [1.165, 1.54) is 145 Å². The molecular weight excluding hydrogens is 893 g/mol. The lowest BCUT2D eigenvalue weighted by Gasteiger charge is -2.17. The van der Waals surface area contributed by atoms with Crippen LogP contribution < -0.4 is 0 Å². The third-order valence-electron chi connectivity index (χ3n) is 16.3. The Morgan fingerprint density at radius 2 is 0.722 bits per heavy atom. The van der Waals surface area contributed by atoms with Gasteiger partial charge in [-0.25, -0.2) is 0 Å². The monoisotopic (exact) mass is 928 g/mol. The van der Waals surface area contributed by atoms with Crippen molar-refractivity contribution in [1.82, 2.24) is 8.80 Å². The zero-order valence-electron chi connectivity index (χ0n) is 38.5. The number of benzene rings is 12. The van der Waals surface area contributed by atoms with Crippen LogP contribution in [0, 0.1) is 0 Å². The van der Waals surface area contributed by atoms with E-state index in [-0.39, 0.29) is 0 Å². The highest BCUT2D eigenvalue weighted by molar-refractivity contribution is 7.25. The Balaban J connectivity index is 0.920. The van der Waals surface area contributed by atoms with E-state index in [9.17, 15) is 0 Å². The average molecular weight is 929 g/mol. The van der Waals surface area contributed by atoms with Gasteiger partial charge >= 0.3 is 0 Å². The molecule has 0 aliphatic heterocycles. The van der Waals surface area contributed by atoms with Crippen LogP contribution in [0.1, 0.15) is 0 Å². The maximum absolute atomic E-state index is 6.89. The third kappa shape index (κ3) is 4.71. The molecule has 0 amide bonds. The number of thiophene rings is 1. The summed E-state index contributed by atoms with van der Waals surface area (Å²) in [6.07, 6.45) is 0. The number of para-hydroxylation sites is 2. The topological polar surface area (TPSA) is 22.0 Å². The van der Waals surface area contributed by atoms with Gasteiger partial charge in [0, 0.05) is 74.0 Å². The van der Waals surface area contributed by atoms with Crippen molar-refractivity contribution in [3.63, 3.8) is 0 Å². The number of rotatable bonds is 1. The predicted molar refractivity (Wildman–Crippen MR) is 309 cm³/mol. The first-order valence-corrected chi connectivity index (χ1v) is 25.6. The van der Waals surface area contributed by atoms with Crippen molar-refractivity contribution in [2.24, 2.45) is 0 Å². The second-order valence-corrected chi connectivity index (χ2v) is 21.0. The van der Waals surface area contributed by atoms with Crippen LogP contribution in [0.15, 0.2) is 223 Å². The number of hydrogen-bond acceptors (Lipinski definition) is 2. The van der Waals surface area contributed by atoms with Crippen LogP contribution in [0.25, 0.3) is 173 Å². The van der Waals surface area contributed by atoms with Crippen molar-refractivity contribution in [3.05, 3.63) is 218 Å². The van der Waals surface area contributed by atoms with Crippen molar-refractivity contribution in [3.8, 4) is 11.1 Å². The number of furan rings is 1. The third-order valence-corrected chi connectivity index (χ3v) is 17.5. The molecule has 0 bridgehead atoms. The van der Waals surface area contributed by atoms with E-state index >= 15 is 0 Å². The number of fused-ring (bicyclic) bond motifs is 32. The number of aromatic nitrogens is 2. The van der Waals surface area contributed by atoms with Crippen LogP contribution in [0.4, 0.5) is 0 Å². The maximum Gasteiger partial charge on any atom is 0.136 e. The van der Waals surface area contributed by atoms with Gasteiger partial charge in [-0.15, -0.1) is 11.3 Å². The normalized spacial score (nSPS) is 12.7. The lowest BCUT2D eigenvalue weighted by Crippen LogP contribution is -1.94. The van der Waals surface area contributed by atoms with Gasteiger partial charge in [0.1, 0.15) is 11.2 Å². The summed E-state index contributed by atoms with van der Waals surface area (Å²) >= 11 is 1.89. The predicted octanol–water partition coefficient (Wildman–Crippen LogP) is 19.7. The molecule has 18 rings (SSSR count). The molecule has 18 aromatic rings. The van der Waals surface area contributed by atoms with Crippen LogP contribution in [-0.4, -0.2) is 8.80 Å². The van der Waals surface area contributed by atoms with E-state index in [4.69, 9.17) is 4.42 Å². The summed E-state index contributed by atoms with van der Waals surface area (Å²) in [6.45, 7) is 0. The molecule has 6 heterocycles. The van der Waals surface area contributed by atoms with Gasteiger partial charge in [-0.2, -0.15) is 0 Å². The second kappa shape index (κ2) is 13.3. The minimum absolute atomic E-state index is 0.886. The summed E-state index contributed by atoms with van der Waals surface area (Å²) in [4.78, 5) is 0. The van der Waals surface area contributed by atoms with Crippen molar-refractivity contribution in [1.29, 1.82) is 0 Å². The van der Waals surface area contributed by atoms with Gasteiger partial charge < -0.3 is 13.2 Å². The summed E-state index contributed by atoms with van der Waals surface area (Å²) in [7, 11) is 0. The van der Waals surface area contributed by atoms with Gasteiger partial charge in [0.15, 0.2) is 0 Å². The first-order chi connectivity index (χ1) is 35.7. The van der Waals surface area contributed by atoms with Gasteiger partial charge in [0.2, 0.25) is 0 Å². The minimum Gasteiger partial charge on any atom is -0.456 e. The first kappa shape index (κ1) is 37.6. The fourth-order valence-corrected chi connectivity index (χ4v) is 14.4. The lowest BCUT2D eigenvalue weighted by molar-refractivity contribution is 0.669. The van der Waals surface area contributed by atoms with Crippen LogP contribution in [-0.2, 0) is 0 Å². The highest BCUT2D eigenvalue weighted by Gasteiger charge is 2.23. The molecule has 72 heavy (non-hydrogen) atoms. The summed E-state index contributed by atoms with van der Waals surface area (Å²) < 4.78 is 14.5. The quantitative estimate of drug-likeness (QED) is 0.150. The molecule has 4 heteroatoms. The standard InChI is InChI=1S/C68H36N2OS/c1-10-22-55-39(13-1)31-59-67-46-20-7-4-16-42(46)41-15-3-6-19-45(41)65(67)53-35-62-51(33-57(53)69(55)59)50-30-38(26-28-61(50)71-62)37-25-27-48-49(29-37)43-17-5-8-21-47(43)68-60-32-40-14-2-11-23-56(40)70(60)58-34-52-44-18-9-12-24-63(44)72-64(52)36-54(58)66(48)68/h1-36H. The summed E-state index contributed by atoms with van der Waals surface area (Å²) in [5.74, 6) is 0. The first-order valence-electron chi connectivity index (χ1n) is 24.8. The summed E-state index contributed by atoms with van der Waals surface area (Å²) in [5.41, 5.74) is 11.4. The number of hydrogen-bond donors (Lipinski definition) is 0. The Labute approximate surface area is 413 Å². The Bertz CT molecular complexity index is 5530. The highest BCUT2D eigenvalue weighted by atomic mass is 32.1. The van der Waals surface area contributed by atoms with E-state index in [1.807, 2.05) is 11.3 Å². The molecular formula is C68H36N2OS. The van der Waals surface area contributed by atoms with Crippen LogP contribution in [0.5, 0.6) is 0 Å². The Hall–Kier alpha value is -9.22. The average Bonchev–Trinajstić information content (AvgIpc) is 4.22. The molecule has 12 aromatic carbocycles. The van der Waals surface area contributed by atoms with Gasteiger partial charge in [-0.3, -0.25) is 0 Å². The SMILES string of the molecule is c1ccc2c(c1)cc1c3c4ccccc4c4ccccc4c3c3cc4oc5ccc(-c6ccc7c(c6)c6ccccc6c6c7c7cc8sc9ccccc9c8cc7n7c8ccccc8cc67)cc5c4cc3n21. The van der Waals surface area contributed by atoms with Crippen molar-refractivity contribution >= 4 is 173 Å². The Morgan fingerprint density at radius 3 is 1.38 bits per heavy atom. The van der Waals surface area contributed by atoms with Crippen LogP contribution in [0.2, 0.25) is 0 Å². The van der Waals surface area contributed by atoms with Crippen LogP contribution in [0.3, 0.4) is 0 Å². The zero-order valence-corrected chi connectivity index (χ0v) is 39.3. The van der Waals surface area contributed by atoms with Crippen molar-refractivity contribution in [2.45, 2.75) is 0 Å². The molecule has 0 saturated heterocycles. The number of nitrogens with zero attached hydrogens (tertiary/aromatic N) is 2. The van der Waals surface area contributed by atoms with Crippen molar-refractivity contribution < 1.29 is 4.42 Å². The van der Waals surface area contributed by atoms with E-state index in [0.717, 1.165) is 27.5 Å². The van der Waals surface area contributed by atoms with E-state index in [1.54, 1.807) is 0 Å². The molecule has 0 fully saturated rings. The smallest absolute Gasteiger partial charge is 0.136 e. The van der Waals surface area contributed by atoms with Gasteiger partial charge in [0.05, 0.1) is 33.1 Å². The Morgan fingerprint density at radius 1 is 0.250 bits per heavy atom. The molecule has 0 radical (unpaired) electrons. The largest absolute Gasteiger partial charge is 0.456 e. The molecule has 0 N–H and O–H groups in total. The zero-order chi connectivity index (χ0) is 46.5. The number of pyridine rings is 2. The van der Waals surface area contributed by atoms with E-state index in [2.05, 4.69) is 227 Å². The van der Waals surface area contributed by atoms with E-state index < -0.39 is 0 Å². The highest BCUT2D eigenvalue weighted by Crippen LogP contribution is 2.48. The fourth-order valence-electron chi connectivity index (χ4n) is 13.3. The molecule has 3 nitrogen and oxygen atoms in total. The maximum atomic E-state index is 6.89. The fraction of sp³-hybridized carbons (Fsp3) is 0. The summed E-state index contributed by atoms with van der Waals surface area (Å²) in [6, 6.07) is 81.8. The molecule has 0 atom stereocenters. The Kier molecular flexibility index (Phi) is 6.98. The van der Waals surface area contributed by atoms with Gasteiger partial charge in [-0.1, -0.05) is 146 Å². The van der Waals surface area contributed by atoms with Gasteiger partial charge in [0.25, 0.3) is 0 Å². The van der Waals surface area contributed by atoms with E-state index in [0.29, 0.717) is 0 Å². The summed E-state index contributed by atoms with van der Waals surface area (Å²) in [5, 5.41) is 25.0. The van der Waals surface area contributed by atoms with Gasteiger partial charge in [-0.05, 0) is 127 Å². The van der Waals surface area contributed by atoms with Crippen molar-refractivity contribution in [2.75, 3.05) is 0 Å². The molecule has 0 aliphatic carbocycles. The second-order valence-electron chi connectivity index (χ2n) is 19.9. The van der Waals surface area contributed by atoms with Crippen LogP contribution >= 0.6 is 11.3 Å². The molecule has 0 saturated carbocycles. The lowest BCUT2D eigenvalue weighted by atomic mass is 9.90. The minimum atomic E-state index is 0.886. The molecule has 0 aliphatic rings. The molecule has 6 aromatic heterocycles. The molecule has 0 unspecified atom stereocenters. The molecule has 0 spiro atoms.